The number of piperidine rings is 1. The van der Waals surface area contributed by atoms with E-state index in [1.54, 1.807) is 5.56 Å². The highest BCUT2D eigenvalue weighted by Gasteiger charge is 2.41. The number of nitrogens with zero attached hydrogens (tertiary/aromatic N) is 1. The van der Waals surface area contributed by atoms with Crippen molar-refractivity contribution < 1.29 is 4.74 Å². The number of benzene rings is 1. The molecule has 2 saturated heterocycles. The van der Waals surface area contributed by atoms with Crippen molar-refractivity contribution in [3.63, 3.8) is 0 Å². The van der Waals surface area contributed by atoms with Crippen molar-refractivity contribution >= 4 is 5.69 Å². The molecule has 4 rings (SSSR count). The van der Waals surface area contributed by atoms with Crippen molar-refractivity contribution in [2.75, 3.05) is 44.7 Å². The van der Waals surface area contributed by atoms with Gasteiger partial charge in [-0.1, -0.05) is 18.2 Å². The minimum absolute atomic E-state index is 0.402. The van der Waals surface area contributed by atoms with E-state index in [1.807, 2.05) is 0 Å². The highest BCUT2D eigenvalue weighted by molar-refractivity contribution is 5.60. The number of anilines is 1. The van der Waals surface area contributed by atoms with Crippen LogP contribution in [0.3, 0.4) is 0 Å². The summed E-state index contributed by atoms with van der Waals surface area (Å²) >= 11 is 0. The Labute approximate surface area is 121 Å². The van der Waals surface area contributed by atoms with Crippen molar-refractivity contribution in [2.24, 2.45) is 5.92 Å². The monoisotopic (exact) mass is 272 g/mol. The topological polar surface area (TPSA) is 24.5 Å². The molecular formula is C17H24N2O. The highest BCUT2D eigenvalue weighted by Crippen LogP contribution is 2.43. The van der Waals surface area contributed by atoms with Crippen molar-refractivity contribution in [1.82, 2.24) is 4.90 Å². The number of likely N-dealkylation sites (tertiary alicyclic amines) is 1. The maximum absolute atomic E-state index is 5.50. The molecule has 0 aromatic heterocycles. The van der Waals surface area contributed by atoms with Crippen molar-refractivity contribution in [1.29, 1.82) is 0 Å². The van der Waals surface area contributed by atoms with Gasteiger partial charge in [0.25, 0.3) is 0 Å². The molecule has 3 heterocycles. The number of ether oxygens (including phenoxy) is 1. The van der Waals surface area contributed by atoms with E-state index in [2.05, 4.69) is 34.5 Å². The molecule has 0 aliphatic carbocycles. The van der Waals surface area contributed by atoms with Crippen LogP contribution in [-0.4, -0.2) is 44.3 Å². The maximum atomic E-state index is 5.50. The first-order valence-electron chi connectivity index (χ1n) is 7.99. The minimum atomic E-state index is 0.402. The Morgan fingerprint density at radius 3 is 2.90 bits per heavy atom. The Hall–Kier alpha value is -1.06. The predicted molar refractivity (Wildman–Crippen MR) is 81.2 cm³/mol. The van der Waals surface area contributed by atoms with Crippen LogP contribution >= 0.6 is 0 Å². The molecule has 0 bridgehead atoms. The smallest absolute Gasteiger partial charge is 0.0507 e. The molecule has 108 valence electrons. The van der Waals surface area contributed by atoms with Crippen LogP contribution in [0.15, 0.2) is 24.3 Å². The first-order valence-corrected chi connectivity index (χ1v) is 7.99. The first-order chi connectivity index (χ1) is 9.86. The zero-order chi connectivity index (χ0) is 13.4. The summed E-state index contributed by atoms with van der Waals surface area (Å²) in [5.41, 5.74) is 3.33. The Morgan fingerprint density at radius 1 is 1.25 bits per heavy atom. The second-order valence-corrected chi connectivity index (χ2v) is 6.71. The Bertz CT molecular complexity index is 474. The SMILES string of the molecule is c1ccc2c(c1)NCC21CCN(CC2CCOC2)CC1. The van der Waals surface area contributed by atoms with Gasteiger partial charge >= 0.3 is 0 Å². The van der Waals surface area contributed by atoms with Crippen LogP contribution in [0.2, 0.25) is 0 Å². The average Bonchev–Trinajstić information content (AvgIpc) is 3.11. The van der Waals surface area contributed by atoms with Gasteiger partial charge in [0.15, 0.2) is 0 Å². The molecule has 1 N–H and O–H groups in total. The molecule has 3 heteroatoms. The highest BCUT2D eigenvalue weighted by atomic mass is 16.5. The lowest BCUT2D eigenvalue weighted by molar-refractivity contribution is 0.133. The van der Waals surface area contributed by atoms with E-state index in [-0.39, 0.29) is 0 Å². The third-order valence-electron chi connectivity index (χ3n) is 5.47. The molecule has 20 heavy (non-hydrogen) atoms. The van der Waals surface area contributed by atoms with E-state index < -0.39 is 0 Å². The average molecular weight is 272 g/mol. The van der Waals surface area contributed by atoms with E-state index in [0.717, 1.165) is 25.7 Å². The van der Waals surface area contributed by atoms with Gasteiger partial charge < -0.3 is 15.0 Å². The van der Waals surface area contributed by atoms with Gasteiger partial charge in [-0.3, -0.25) is 0 Å². The number of para-hydroxylation sites is 1. The molecule has 1 atom stereocenters. The van der Waals surface area contributed by atoms with E-state index in [1.165, 1.54) is 44.6 Å². The normalized spacial score (nSPS) is 28.5. The molecule has 1 aromatic rings. The molecule has 0 saturated carbocycles. The summed E-state index contributed by atoms with van der Waals surface area (Å²) in [7, 11) is 0. The van der Waals surface area contributed by atoms with Crippen molar-refractivity contribution in [3.05, 3.63) is 29.8 Å². The molecule has 1 spiro atoms. The van der Waals surface area contributed by atoms with Crippen LogP contribution in [0.25, 0.3) is 0 Å². The van der Waals surface area contributed by atoms with Gasteiger partial charge in [-0.2, -0.15) is 0 Å². The summed E-state index contributed by atoms with van der Waals surface area (Å²) in [6.45, 7) is 6.81. The summed E-state index contributed by atoms with van der Waals surface area (Å²) in [5.74, 6) is 0.776. The number of nitrogens with one attached hydrogen (secondary N) is 1. The van der Waals surface area contributed by atoms with Crippen LogP contribution in [-0.2, 0) is 10.2 Å². The van der Waals surface area contributed by atoms with Gasteiger partial charge in [0.2, 0.25) is 0 Å². The van der Waals surface area contributed by atoms with E-state index in [0.29, 0.717) is 5.41 Å². The molecule has 0 radical (unpaired) electrons. The Kier molecular flexibility index (Phi) is 3.20. The van der Waals surface area contributed by atoms with Gasteiger partial charge in [-0.15, -0.1) is 0 Å². The van der Waals surface area contributed by atoms with Gasteiger partial charge in [0.05, 0.1) is 6.61 Å². The third kappa shape index (κ3) is 2.13. The minimum Gasteiger partial charge on any atom is -0.384 e. The lowest BCUT2D eigenvalue weighted by atomic mass is 9.74. The third-order valence-corrected chi connectivity index (χ3v) is 5.47. The predicted octanol–water partition coefficient (Wildman–Crippen LogP) is 2.48. The lowest BCUT2D eigenvalue weighted by Gasteiger charge is -2.40. The number of hydrogen-bond donors (Lipinski definition) is 1. The van der Waals surface area contributed by atoms with E-state index in [9.17, 15) is 0 Å². The summed E-state index contributed by atoms with van der Waals surface area (Å²) in [4.78, 5) is 2.66. The fraction of sp³-hybridized carbons (Fsp3) is 0.647. The summed E-state index contributed by atoms with van der Waals surface area (Å²) < 4.78 is 5.50. The van der Waals surface area contributed by atoms with Crippen LogP contribution in [0.5, 0.6) is 0 Å². The molecular weight excluding hydrogens is 248 g/mol. The zero-order valence-electron chi connectivity index (χ0n) is 12.1. The largest absolute Gasteiger partial charge is 0.384 e. The Balaban J connectivity index is 1.42. The molecule has 3 nitrogen and oxygen atoms in total. The summed E-state index contributed by atoms with van der Waals surface area (Å²) in [5, 5.41) is 3.61. The fourth-order valence-electron chi connectivity index (χ4n) is 4.16. The molecule has 1 unspecified atom stereocenters. The van der Waals surface area contributed by atoms with E-state index in [4.69, 9.17) is 4.74 Å². The Morgan fingerprint density at radius 2 is 2.10 bits per heavy atom. The first kappa shape index (κ1) is 12.7. The lowest BCUT2D eigenvalue weighted by Crippen LogP contribution is -2.45. The summed E-state index contributed by atoms with van der Waals surface area (Å²) in [6.07, 6.45) is 3.85. The quantitative estimate of drug-likeness (QED) is 0.895. The van der Waals surface area contributed by atoms with Crippen LogP contribution in [0.1, 0.15) is 24.8 Å². The van der Waals surface area contributed by atoms with Gasteiger partial charge in [-0.25, -0.2) is 0 Å². The zero-order valence-corrected chi connectivity index (χ0v) is 12.1. The summed E-state index contributed by atoms with van der Waals surface area (Å²) in [6, 6.07) is 8.89. The standard InChI is InChI=1S/C17H24N2O/c1-2-4-16-15(3-1)17(13-18-16)6-8-19(9-7-17)11-14-5-10-20-12-14/h1-4,14,18H,5-13H2. The second kappa shape index (κ2) is 5.05. The fourth-order valence-corrected chi connectivity index (χ4v) is 4.16. The molecule has 2 fully saturated rings. The van der Waals surface area contributed by atoms with Crippen LogP contribution < -0.4 is 5.32 Å². The van der Waals surface area contributed by atoms with Gasteiger partial charge in [-0.05, 0) is 49.9 Å². The van der Waals surface area contributed by atoms with Gasteiger partial charge in [0, 0.05) is 30.8 Å². The van der Waals surface area contributed by atoms with Crippen molar-refractivity contribution in [3.8, 4) is 0 Å². The number of rotatable bonds is 2. The van der Waals surface area contributed by atoms with E-state index >= 15 is 0 Å². The molecule has 3 aliphatic heterocycles. The molecule has 3 aliphatic rings. The number of fused-ring (bicyclic) bond motifs is 2. The maximum Gasteiger partial charge on any atom is 0.0507 e. The number of hydrogen-bond acceptors (Lipinski definition) is 3. The van der Waals surface area contributed by atoms with Crippen molar-refractivity contribution in [2.45, 2.75) is 24.7 Å². The van der Waals surface area contributed by atoms with Crippen LogP contribution in [0.4, 0.5) is 5.69 Å². The second-order valence-electron chi connectivity index (χ2n) is 6.71. The molecule has 0 amide bonds. The molecule has 1 aromatic carbocycles. The van der Waals surface area contributed by atoms with Crippen LogP contribution in [0, 0.1) is 5.92 Å². The van der Waals surface area contributed by atoms with Gasteiger partial charge in [0.1, 0.15) is 0 Å².